The van der Waals surface area contributed by atoms with Crippen LogP contribution in [0.25, 0.3) is 0 Å². The summed E-state index contributed by atoms with van der Waals surface area (Å²) in [5.74, 6) is -1.80. The van der Waals surface area contributed by atoms with E-state index in [0.29, 0.717) is 19.3 Å². The molecular weight excluding hydrogens is 342 g/mol. The van der Waals surface area contributed by atoms with Crippen molar-refractivity contribution in [1.29, 1.82) is 0 Å². The zero-order chi connectivity index (χ0) is 18.6. The fourth-order valence-corrected chi connectivity index (χ4v) is 3.84. The molecule has 2 aliphatic rings. The second kappa shape index (κ2) is 5.64. The van der Waals surface area contributed by atoms with Gasteiger partial charge in [-0.15, -0.1) is 0 Å². The van der Waals surface area contributed by atoms with Crippen LogP contribution in [0.3, 0.4) is 0 Å². The maximum absolute atomic E-state index is 13.0. The standard InChI is InChI=1S/C15H18F6O3/c1-8(2)11(22)24-12(6-9-3-4-10(12)5-9)7-13(23,14(16,17)18)15(19,20)21/h9-10,23H,1,3-7H2,2H3. The van der Waals surface area contributed by atoms with Crippen molar-refractivity contribution >= 4 is 5.97 Å². The predicted octanol–water partition coefficient (Wildman–Crippen LogP) is 3.91. The molecule has 2 rings (SSSR count). The Morgan fingerprint density at radius 3 is 2.08 bits per heavy atom. The summed E-state index contributed by atoms with van der Waals surface area (Å²) >= 11 is 0. The summed E-state index contributed by atoms with van der Waals surface area (Å²) in [6.45, 7) is 4.56. The number of alkyl halides is 6. The first-order valence-electron chi connectivity index (χ1n) is 7.46. The van der Waals surface area contributed by atoms with E-state index in [4.69, 9.17) is 4.74 Å². The summed E-state index contributed by atoms with van der Waals surface area (Å²) in [4.78, 5) is 11.8. The van der Waals surface area contributed by atoms with Crippen molar-refractivity contribution in [2.45, 2.75) is 62.6 Å². The van der Waals surface area contributed by atoms with Crippen molar-refractivity contribution in [3.05, 3.63) is 12.2 Å². The molecule has 0 spiro atoms. The minimum atomic E-state index is -5.93. The van der Waals surface area contributed by atoms with Gasteiger partial charge in [0.15, 0.2) is 0 Å². The van der Waals surface area contributed by atoms with E-state index in [1.807, 2.05) is 0 Å². The summed E-state index contributed by atoms with van der Waals surface area (Å²) in [5.41, 5.74) is -7.04. The zero-order valence-corrected chi connectivity index (χ0v) is 12.9. The Morgan fingerprint density at radius 1 is 1.21 bits per heavy atom. The first-order valence-corrected chi connectivity index (χ1v) is 7.46. The molecule has 24 heavy (non-hydrogen) atoms. The third-order valence-electron chi connectivity index (χ3n) is 5.06. The van der Waals surface area contributed by atoms with Gasteiger partial charge < -0.3 is 9.84 Å². The summed E-state index contributed by atoms with van der Waals surface area (Å²) in [6, 6.07) is 0. The lowest BCUT2D eigenvalue weighted by atomic mass is 9.75. The Kier molecular flexibility index (Phi) is 4.48. The highest BCUT2D eigenvalue weighted by Gasteiger charge is 2.74. The zero-order valence-electron chi connectivity index (χ0n) is 12.9. The van der Waals surface area contributed by atoms with Gasteiger partial charge in [0, 0.05) is 12.0 Å². The van der Waals surface area contributed by atoms with E-state index in [9.17, 15) is 36.2 Å². The molecule has 0 aromatic rings. The van der Waals surface area contributed by atoms with E-state index in [1.165, 1.54) is 6.92 Å². The lowest BCUT2D eigenvalue weighted by Crippen LogP contribution is -2.62. The van der Waals surface area contributed by atoms with Gasteiger partial charge in [0.2, 0.25) is 0 Å². The van der Waals surface area contributed by atoms with Gasteiger partial charge in [0.1, 0.15) is 5.60 Å². The van der Waals surface area contributed by atoms with Crippen LogP contribution in [0.5, 0.6) is 0 Å². The number of carbonyl (C=O) groups is 1. The lowest BCUT2D eigenvalue weighted by Gasteiger charge is -2.43. The first-order chi connectivity index (χ1) is 10.7. The SMILES string of the molecule is C=C(C)C(=O)OC1(CC(O)(C(F)(F)F)C(F)(F)F)CC2CCC1C2. The highest BCUT2D eigenvalue weighted by Crippen LogP contribution is 2.59. The van der Waals surface area contributed by atoms with E-state index in [2.05, 4.69) is 6.58 Å². The monoisotopic (exact) mass is 360 g/mol. The number of rotatable bonds is 4. The molecule has 3 unspecified atom stereocenters. The second-order valence-corrected chi connectivity index (χ2v) is 6.85. The fourth-order valence-electron chi connectivity index (χ4n) is 3.84. The molecule has 9 heteroatoms. The third kappa shape index (κ3) is 3.02. The molecule has 2 aliphatic carbocycles. The molecule has 0 radical (unpaired) electrons. The summed E-state index contributed by atoms with van der Waals surface area (Å²) < 4.78 is 83.3. The summed E-state index contributed by atoms with van der Waals surface area (Å²) in [7, 11) is 0. The number of carbonyl (C=O) groups excluding carboxylic acids is 1. The third-order valence-corrected chi connectivity index (χ3v) is 5.06. The molecule has 2 saturated carbocycles. The van der Waals surface area contributed by atoms with Crippen molar-refractivity contribution in [2.75, 3.05) is 0 Å². The molecule has 2 bridgehead atoms. The molecule has 0 saturated heterocycles. The second-order valence-electron chi connectivity index (χ2n) is 6.85. The number of halogens is 6. The largest absolute Gasteiger partial charge is 0.455 e. The average Bonchev–Trinajstić information content (AvgIpc) is 2.96. The van der Waals surface area contributed by atoms with Crippen LogP contribution in [0, 0.1) is 11.8 Å². The molecule has 2 fully saturated rings. The van der Waals surface area contributed by atoms with Gasteiger partial charge in [-0.25, -0.2) is 4.79 Å². The Hall–Kier alpha value is -1.25. The van der Waals surface area contributed by atoms with Gasteiger partial charge in [-0.05, 0) is 44.4 Å². The van der Waals surface area contributed by atoms with Crippen molar-refractivity contribution in [3.63, 3.8) is 0 Å². The first kappa shape index (κ1) is 19.1. The smallest absolute Gasteiger partial charge is 0.426 e. The number of hydrogen-bond donors (Lipinski definition) is 1. The number of esters is 1. The van der Waals surface area contributed by atoms with Gasteiger partial charge in [0.05, 0.1) is 0 Å². The fraction of sp³-hybridized carbons (Fsp3) is 0.800. The molecule has 0 amide bonds. The van der Waals surface area contributed by atoms with E-state index >= 15 is 0 Å². The van der Waals surface area contributed by atoms with Crippen molar-refractivity contribution in [3.8, 4) is 0 Å². The van der Waals surface area contributed by atoms with E-state index < -0.39 is 41.9 Å². The van der Waals surface area contributed by atoms with Crippen molar-refractivity contribution in [1.82, 2.24) is 0 Å². The van der Waals surface area contributed by atoms with Crippen LogP contribution >= 0.6 is 0 Å². The Labute approximate surface area is 134 Å². The van der Waals surface area contributed by atoms with Crippen LogP contribution in [0.15, 0.2) is 12.2 Å². The number of hydrogen-bond acceptors (Lipinski definition) is 3. The molecular formula is C15H18F6O3. The van der Waals surface area contributed by atoms with Crippen LogP contribution < -0.4 is 0 Å². The summed E-state index contributed by atoms with van der Waals surface area (Å²) in [5, 5.41) is 9.53. The van der Waals surface area contributed by atoms with Crippen LogP contribution in [-0.4, -0.2) is 34.6 Å². The minimum Gasteiger partial charge on any atom is -0.455 e. The Balaban J connectivity index is 2.41. The molecule has 138 valence electrons. The molecule has 0 aliphatic heterocycles. The van der Waals surface area contributed by atoms with Crippen molar-refractivity contribution < 1.29 is 41.0 Å². The van der Waals surface area contributed by atoms with Gasteiger partial charge in [-0.1, -0.05) is 6.58 Å². The van der Waals surface area contributed by atoms with Crippen LogP contribution in [0.2, 0.25) is 0 Å². The number of ether oxygens (including phenoxy) is 1. The molecule has 0 aromatic carbocycles. The highest BCUT2D eigenvalue weighted by atomic mass is 19.4. The molecule has 0 heterocycles. The molecule has 1 N–H and O–H groups in total. The van der Waals surface area contributed by atoms with Gasteiger partial charge >= 0.3 is 18.3 Å². The maximum Gasteiger partial charge on any atom is 0.426 e. The minimum absolute atomic E-state index is 0.112. The van der Waals surface area contributed by atoms with Crippen LogP contribution in [0.4, 0.5) is 26.3 Å². The predicted molar refractivity (Wildman–Crippen MR) is 70.8 cm³/mol. The number of aliphatic hydroxyl groups is 1. The van der Waals surface area contributed by atoms with Crippen molar-refractivity contribution in [2.24, 2.45) is 11.8 Å². The molecule has 3 atom stereocenters. The van der Waals surface area contributed by atoms with Gasteiger partial charge in [0.25, 0.3) is 5.60 Å². The maximum atomic E-state index is 13.0. The molecule has 0 aromatic heterocycles. The lowest BCUT2D eigenvalue weighted by molar-refractivity contribution is -0.379. The van der Waals surface area contributed by atoms with Gasteiger partial charge in [-0.3, -0.25) is 0 Å². The topological polar surface area (TPSA) is 46.5 Å². The Bertz CT molecular complexity index is 524. The van der Waals surface area contributed by atoms with Gasteiger partial charge in [-0.2, -0.15) is 26.3 Å². The van der Waals surface area contributed by atoms with Crippen LogP contribution in [0.1, 0.15) is 39.0 Å². The van der Waals surface area contributed by atoms with E-state index in [1.54, 1.807) is 0 Å². The van der Waals surface area contributed by atoms with Crippen LogP contribution in [-0.2, 0) is 9.53 Å². The molecule has 3 nitrogen and oxygen atoms in total. The normalized spacial score (nSPS) is 30.5. The average molecular weight is 360 g/mol. The highest BCUT2D eigenvalue weighted by molar-refractivity contribution is 5.87. The van der Waals surface area contributed by atoms with E-state index in [0.717, 1.165) is 0 Å². The number of fused-ring (bicyclic) bond motifs is 2. The summed E-state index contributed by atoms with van der Waals surface area (Å²) in [6.07, 6.45) is -12.3. The van der Waals surface area contributed by atoms with E-state index in [-0.39, 0.29) is 17.9 Å². The Morgan fingerprint density at radius 2 is 1.75 bits per heavy atom. The quantitative estimate of drug-likeness (QED) is 0.470.